The molecular formula is C21H24N2O5S. The summed E-state index contributed by atoms with van der Waals surface area (Å²) in [6.45, 7) is 2.01. The largest absolute Gasteiger partial charge is 0.493 e. The number of benzene rings is 1. The van der Waals surface area contributed by atoms with Gasteiger partial charge in [0.15, 0.2) is 9.84 Å². The van der Waals surface area contributed by atoms with E-state index in [1.165, 1.54) is 6.26 Å². The zero-order chi connectivity index (χ0) is 20.6. The predicted octanol–water partition coefficient (Wildman–Crippen LogP) is 2.74. The number of aromatic amines is 1. The number of nitrogens with one attached hydrogen (secondary N) is 1. The molecule has 1 fully saturated rings. The first-order valence-corrected chi connectivity index (χ1v) is 11.5. The highest BCUT2D eigenvalue weighted by Crippen LogP contribution is 2.37. The molecule has 3 heterocycles. The maximum atomic E-state index is 12.3. The zero-order valence-electron chi connectivity index (χ0n) is 16.5. The summed E-state index contributed by atoms with van der Waals surface area (Å²) >= 11 is 0. The van der Waals surface area contributed by atoms with Crippen LogP contribution in [0.3, 0.4) is 0 Å². The third-order valence-corrected chi connectivity index (χ3v) is 6.50. The van der Waals surface area contributed by atoms with Gasteiger partial charge in [0.05, 0.1) is 11.5 Å². The summed E-state index contributed by atoms with van der Waals surface area (Å²) in [4.78, 5) is 15.2. The highest BCUT2D eigenvalue weighted by Gasteiger charge is 2.20. The van der Waals surface area contributed by atoms with Crippen molar-refractivity contribution in [3.63, 3.8) is 0 Å². The highest BCUT2D eigenvalue weighted by atomic mass is 32.2. The summed E-state index contributed by atoms with van der Waals surface area (Å²) in [6.07, 6.45) is 6.50. The van der Waals surface area contributed by atoms with E-state index in [1.807, 2.05) is 12.3 Å². The maximum absolute atomic E-state index is 12.3. The number of aryl methyl sites for hydroxylation is 1. The summed E-state index contributed by atoms with van der Waals surface area (Å²) in [5.41, 5.74) is 1.76. The summed E-state index contributed by atoms with van der Waals surface area (Å²) in [5, 5.41) is 0.748. The van der Waals surface area contributed by atoms with E-state index < -0.39 is 9.84 Å². The number of sulfone groups is 1. The molecule has 1 aromatic carbocycles. The van der Waals surface area contributed by atoms with Gasteiger partial charge in [-0.15, -0.1) is 0 Å². The van der Waals surface area contributed by atoms with Gasteiger partial charge in [0, 0.05) is 55.4 Å². The summed E-state index contributed by atoms with van der Waals surface area (Å²) in [7, 11) is -1.59. The molecule has 0 radical (unpaired) electrons. The van der Waals surface area contributed by atoms with Crippen molar-refractivity contribution in [2.75, 3.05) is 26.1 Å². The molecule has 0 spiro atoms. The Labute approximate surface area is 169 Å². The van der Waals surface area contributed by atoms with Gasteiger partial charge >= 0.3 is 0 Å². The Hall–Kier alpha value is -2.58. The molecule has 2 aromatic heterocycles. The molecule has 0 atom stereocenters. The fourth-order valence-electron chi connectivity index (χ4n) is 3.78. The van der Waals surface area contributed by atoms with Gasteiger partial charge in [0.25, 0.3) is 5.56 Å². The second-order valence-electron chi connectivity index (χ2n) is 7.52. The molecule has 154 valence electrons. The molecule has 0 unspecified atom stereocenters. The fourth-order valence-corrected chi connectivity index (χ4v) is 4.42. The van der Waals surface area contributed by atoms with Crippen LogP contribution in [0.1, 0.15) is 12.8 Å². The van der Waals surface area contributed by atoms with Gasteiger partial charge in [-0.2, -0.15) is 0 Å². The third-order valence-electron chi connectivity index (χ3n) is 5.39. The number of nitrogens with zero attached hydrogens (tertiary/aromatic N) is 1. The Bertz CT molecular complexity index is 1200. The third kappa shape index (κ3) is 3.95. The fraction of sp³-hybridized carbons (Fsp3) is 0.381. The van der Waals surface area contributed by atoms with E-state index in [0.717, 1.165) is 37.0 Å². The van der Waals surface area contributed by atoms with Gasteiger partial charge in [0.1, 0.15) is 11.3 Å². The van der Waals surface area contributed by atoms with Crippen LogP contribution in [-0.4, -0.2) is 44.0 Å². The second kappa shape index (κ2) is 7.68. The number of hydrogen-bond donors (Lipinski definition) is 1. The minimum Gasteiger partial charge on any atom is -0.493 e. The van der Waals surface area contributed by atoms with Crippen molar-refractivity contribution in [2.45, 2.75) is 17.7 Å². The van der Waals surface area contributed by atoms with E-state index in [2.05, 4.69) is 4.98 Å². The van der Waals surface area contributed by atoms with Crippen LogP contribution in [0, 0.1) is 5.92 Å². The maximum Gasteiger partial charge on any atom is 0.272 e. The average Bonchev–Trinajstić information content (AvgIpc) is 3.04. The lowest BCUT2D eigenvalue weighted by Gasteiger charge is -2.23. The van der Waals surface area contributed by atoms with Crippen LogP contribution in [0.5, 0.6) is 5.75 Å². The Morgan fingerprint density at radius 1 is 1.21 bits per heavy atom. The molecule has 3 aromatic rings. The Morgan fingerprint density at radius 2 is 1.97 bits per heavy atom. The lowest BCUT2D eigenvalue weighted by Crippen LogP contribution is -2.21. The van der Waals surface area contributed by atoms with Crippen molar-refractivity contribution in [1.29, 1.82) is 0 Å². The van der Waals surface area contributed by atoms with Gasteiger partial charge in [-0.05, 0) is 43.0 Å². The number of pyridine rings is 1. The normalized spacial score (nSPS) is 15.7. The molecule has 8 heteroatoms. The van der Waals surface area contributed by atoms with Crippen molar-refractivity contribution >= 4 is 20.7 Å². The Morgan fingerprint density at radius 3 is 2.69 bits per heavy atom. The molecule has 1 aliphatic heterocycles. The molecular weight excluding hydrogens is 392 g/mol. The number of ether oxygens (including phenoxy) is 2. The van der Waals surface area contributed by atoms with E-state index in [0.29, 0.717) is 29.4 Å². The number of rotatable bonds is 5. The summed E-state index contributed by atoms with van der Waals surface area (Å²) in [5.74, 6) is 1.01. The van der Waals surface area contributed by atoms with Gasteiger partial charge in [0.2, 0.25) is 0 Å². The number of fused-ring (bicyclic) bond motifs is 1. The SMILES string of the molecule is Cn1cc(-c2cc(S(C)(=O)=O)ccc2OCC2CCOCC2)c2cc[nH]c(=O)c21. The average molecular weight is 416 g/mol. The van der Waals surface area contributed by atoms with Crippen molar-refractivity contribution in [1.82, 2.24) is 9.55 Å². The first kappa shape index (κ1) is 19.7. The van der Waals surface area contributed by atoms with Crippen LogP contribution < -0.4 is 10.3 Å². The van der Waals surface area contributed by atoms with Gasteiger partial charge < -0.3 is 19.0 Å². The van der Waals surface area contributed by atoms with E-state index in [4.69, 9.17) is 9.47 Å². The molecule has 0 saturated carbocycles. The lowest BCUT2D eigenvalue weighted by atomic mass is 10.0. The molecule has 1 N–H and O–H groups in total. The lowest BCUT2D eigenvalue weighted by molar-refractivity contribution is 0.0498. The van der Waals surface area contributed by atoms with Gasteiger partial charge in [-0.25, -0.2) is 8.42 Å². The molecule has 29 heavy (non-hydrogen) atoms. The standard InChI is InChI=1S/C21H24N2O5S/c1-23-12-18(16-5-8-22-21(24)20(16)23)17-11-15(29(2,25)26)3-4-19(17)28-13-14-6-9-27-10-7-14/h3-5,8,11-12,14H,6-7,9-10,13H2,1-2H3,(H,22,24). The number of aromatic nitrogens is 2. The molecule has 1 saturated heterocycles. The van der Waals surface area contributed by atoms with Crippen molar-refractivity contribution in [3.05, 3.63) is 47.0 Å². The minimum absolute atomic E-state index is 0.194. The van der Waals surface area contributed by atoms with Crippen LogP contribution in [-0.2, 0) is 21.6 Å². The molecule has 7 nitrogen and oxygen atoms in total. The van der Waals surface area contributed by atoms with E-state index in [1.54, 1.807) is 36.0 Å². The van der Waals surface area contributed by atoms with Crippen molar-refractivity contribution in [2.24, 2.45) is 13.0 Å². The monoisotopic (exact) mass is 416 g/mol. The van der Waals surface area contributed by atoms with Crippen LogP contribution in [0.2, 0.25) is 0 Å². The Balaban J connectivity index is 1.81. The Kier molecular flexibility index (Phi) is 5.23. The first-order valence-electron chi connectivity index (χ1n) is 9.56. The summed E-state index contributed by atoms with van der Waals surface area (Å²) < 4.78 is 37.6. The predicted molar refractivity (Wildman–Crippen MR) is 111 cm³/mol. The quantitative estimate of drug-likeness (QED) is 0.691. The van der Waals surface area contributed by atoms with E-state index >= 15 is 0 Å². The van der Waals surface area contributed by atoms with E-state index in [9.17, 15) is 13.2 Å². The van der Waals surface area contributed by atoms with Crippen LogP contribution >= 0.6 is 0 Å². The molecule has 4 rings (SSSR count). The number of H-pyrrole nitrogens is 1. The molecule has 0 amide bonds. The second-order valence-corrected chi connectivity index (χ2v) is 9.54. The summed E-state index contributed by atoms with van der Waals surface area (Å²) in [6, 6.07) is 6.72. The van der Waals surface area contributed by atoms with Crippen molar-refractivity contribution < 1.29 is 17.9 Å². The van der Waals surface area contributed by atoms with E-state index in [-0.39, 0.29) is 10.5 Å². The molecule has 1 aliphatic rings. The van der Waals surface area contributed by atoms with Gasteiger partial charge in [-0.1, -0.05) is 0 Å². The zero-order valence-corrected chi connectivity index (χ0v) is 17.3. The number of hydrogen-bond acceptors (Lipinski definition) is 5. The molecule has 0 bridgehead atoms. The molecule has 0 aliphatic carbocycles. The first-order chi connectivity index (χ1) is 13.8. The van der Waals surface area contributed by atoms with Gasteiger partial charge in [-0.3, -0.25) is 4.79 Å². The highest BCUT2D eigenvalue weighted by molar-refractivity contribution is 7.90. The topological polar surface area (TPSA) is 90.4 Å². The van der Waals surface area contributed by atoms with Crippen LogP contribution in [0.4, 0.5) is 0 Å². The minimum atomic E-state index is -3.39. The van der Waals surface area contributed by atoms with Crippen molar-refractivity contribution in [3.8, 4) is 16.9 Å². The smallest absolute Gasteiger partial charge is 0.272 e. The van der Waals surface area contributed by atoms with Crippen LogP contribution in [0.15, 0.2) is 46.3 Å². The van der Waals surface area contributed by atoms with Crippen LogP contribution in [0.25, 0.3) is 22.0 Å².